The third-order valence-electron chi connectivity index (χ3n) is 4.76. The predicted octanol–water partition coefficient (Wildman–Crippen LogP) is 1.88. The van der Waals surface area contributed by atoms with Crippen molar-refractivity contribution in [2.75, 3.05) is 6.54 Å². The number of hydrogen-bond donors (Lipinski definition) is 1. The first kappa shape index (κ1) is 10.6. The van der Waals surface area contributed by atoms with E-state index in [1.807, 2.05) is 0 Å². The molecule has 0 aromatic rings. The lowest BCUT2D eigenvalue weighted by Gasteiger charge is -2.32. The van der Waals surface area contributed by atoms with Crippen LogP contribution >= 0.6 is 0 Å². The van der Waals surface area contributed by atoms with E-state index >= 15 is 0 Å². The van der Waals surface area contributed by atoms with Gasteiger partial charge in [0.2, 0.25) is 5.91 Å². The molecule has 3 nitrogen and oxygen atoms in total. The van der Waals surface area contributed by atoms with Crippen LogP contribution in [0.5, 0.6) is 0 Å². The third kappa shape index (κ3) is 1.48. The average Bonchev–Trinajstić information content (AvgIpc) is 2.72. The lowest BCUT2D eigenvalue weighted by Crippen LogP contribution is -2.44. The SMILES string of the molecule is CC1NC2(CCCC2)C(=O)N1CC1CCC1. The normalized spacial score (nSPS) is 33.7. The zero-order valence-electron chi connectivity index (χ0n) is 10.2. The fourth-order valence-corrected chi connectivity index (χ4v) is 3.52. The van der Waals surface area contributed by atoms with E-state index in [0.717, 1.165) is 25.3 Å². The van der Waals surface area contributed by atoms with Gasteiger partial charge in [-0.05, 0) is 38.5 Å². The van der Waals surface area contributed by atoms with Crippen LogP contribution in [-0.4, -0.2) is 29.1 Å². The van der Waals surface area contributed by atoms with Gasteiger partial charge in [0.15, 0.2) is 0 Å². The molecule has 1 spiro atoms. The molecule has 1 N–H and O–H groups in total. The minimum Gasteiger partial charge on any atom is -0.326 e. The van der Waals surface area contributed by atoms with E-state index in [0.29, 0.717) is 5.91 Å². The second kappa shape index (κ2) is 3.73. The highest BCUT2D eigenvalue weighted by atomic mass is 16.2. The van der Waals surface area contributed by atoms with Gasteiger partial charge in [0.05, 0.1) is 11.7 Å². The molecule has 2 aliphatic carbocycles. The molecule has 0 radical (unpaired) electrons. The van der Waals surface area contributed by atoms with Crippen molar-refractivity contribution in [3.8, 4) is 0 Å². The van der Waals surface area contributed by atoms with Crippen molar-refractivity contribution in [3.63, 3.8) is 0 Å². The largest absolute Gasteiger partial charge is 0.326 e. The number of nitrogens with zero attached hydrogens (tertiary/aromatic N) is 1. The smallest absolute Gasteiger partial charge is 0.244 e. The minimum absolute atomic E-state index is 0.164. The van der Waals surface area contributed by atoms with Crippen LogP contribution < -0.4 is 5.32 Å². The quantitative estimate of drug-likeness (QED) is 0.773. The Kier molecular flexibility index (Phi) is 2.46. The summed E-state index contributed by atoms with van der Waals surface area (Å²) in [5.74, 6) is 1.18. The van der Waals surface area contributed by atoms with Gasteiger partial charge >= 0.3 is 0 Å². The van der Waals surface area contributed by atoms with Crippen molar-refractivity contribution < 1.29 is 4.79 Å². The first-order valence-corrected chi connectivity index (χ1v) is 6.80. The van der Waals surface area contributed by atoms with Crippen LogP contribution in [0, 0.1) is 5.92 Å². The lowest BCUT2D eigenvalue weighted by atomic mass is 9.85. The molecule has 1 aliphatic heterocycles. The summed E-state index contributed by atoms with van der Waals surface area (Å²) >= 11 is 0. The van der Waals surface area contributed by atoms with E-state index in [9.17, 15) is 4.79 Å². The van der Waals surface area contributed by atoms with Crippen LogP contribution in [0.25, 0.3) is 0 Å². The average molecular weight is 222 g/mol. The number of carbonyl (C=O) groups excluding carboxylic acids is 1. The van der Waals surface area contributed by atoms with Gasteiger partial charge in [-0.15, -0.1) is 0 Å². The fraction of sp³-hybridized carbons (Fsp3) is 0.923. The standard InChI is InChI=1S/C13H22N2O/c1-10-14-13(7-2-3-8-13)12(16)15(10)9-11-5-4-6-11/h10-11,14H,2-9H2,1H3. The molecule has 0 aromatic heterocycles. The highest BCUT2D eigenvalue weighted by molar-refractivity contribution is 5.89. The van der Waals surface area contributed by atoms with Crippen molar-refractivity contribution in [1.29, 1.82) is 0 Å². The van der Waals surface area contributed by atoms with E-state index < -0.39 is 0 Å². The summed E-state index contributed by atoms with van der Waals surface area (Å²) in [7, 11) is 0. The highest BCUT2D eigenvalue weighted by Gasteiger charge is 2.51. The molecule has 3 fully saturated rings. The zero-order chi connectivity index (χ0) is 11.2. The van der Waals surface area contributed by atoms with Crippen molar-refractivity contribution >= 4 is 5.91 Å². The van der Waals surface area contributed by atoms with Crippen molar-refractivity contribution in [1.82, 2.24) is 10.2 Å². The Bertz CT molecular complexity index is 292. The molecule has 90 valence electrons. The van der Waals surface area contributed by atoms with Gasteiger partial charge in [0, 0.05) is 6.54 Å². The summed E-state index contributed by atoms with van der Waals surface area (Å²) < 4.78 is 0. The van der Waals surface area contributed by atoms with E-state index in [1.54, 1.807) is 0 Å². The van der Waals surface area contributed by atoms with E-state index in [2.05, 4.69) is 17.1 Å². The number of amides is 1. The monoisotopic (exact) mass is 222 g/mol. The van der Waals surface area contributed by atoms with Crippen LogP contribution in [0.15, 0.2) is 0 Å². The van der Waals surface area contributed by atoms with Gasteiger partial charge in [-0.2, -0.15) is 0 Å². The molecule has 1 atom stereocenters. The summed E-state index contributed by atoms with van der Waals surface area (Å²) in [5.41, 5.74) is -0.164. The van der Waals surface area contributed by atoms with Crippen molar-refractivity contribution in [2.24, 2.45) is 5.92 Å². The predicted molar refractivity (Wildman–Crippen MR) is 62.9 cm³/mol. The van der Waals surface area contributed by atoms with Crippen LogP contribution in [0.3, 0.4) is 0 Å². The van der Waals surface area contributed by atoms with Gasteiger partial charge in [0.25, 0.3) is 0 Å². The molecule has 3 rings (SSSR count). The molecule has 1 amide bonds. The zero-order valence-corrected chi connectivity index (χ0v) is 10.2. The first-order valence-electron chi connectivity index (χ1n) is 6.80. The maximum atomic E-state index is 12.5. The molecule has 1 saturated heterocycles. The van der Waals surface area contributed by atoms with Crippen molar-refractivity contribution in [2.45, 2.75) is 63.6 Å². The maximum Gasteiger partial charge on any atom is 0.244 e. The van der Waals surface area contributed by atoms with Gasteiger partial charge in [-0.3, -0.25) is 10.1 Å². The Morgan fingerprint density at radius 3 is 2.56 bits per heavy atom. The number of nitrogens with one attached hydrogen (secondary N) is 1. The highest BCUT2D eigenvalue weighted by Crippen LogP contribution is 2.38. The van der Waals surface area contributed by atoms with E-state index in [4.69, 9.17) is 0 Å². The van der Waals surface area contributed by atoms with E-state index in [1.165, 1.54) is 32.1 Å². The molecule has 3 heteroatoms. The summed E-state index contributed by atoms with van der Waals surface area (Å²) in [6, 6.07) is 0. The summed E-state index contributed by atoms with van der Waals surface area (Å²) in [6.45, 7) is 3.14. The van der Waals surface area contributed by atoms with Crippen LogP contribution in [0.1, 0.15) is 51.9 Å². The molecular formula is C13H22N2O. The summed E-state index contributed by atoms with van der Waals surface area (Å²) in [6.07, 6.45) is 8.79. The number of hydrogen-bond acceptors (Lipinski definition) is 2. The first-order chi connectivity index (χ1) is 7.71. The molecule has 1 unspecified atom stereocenters. The van der Waals surface area contributed by atoms with Crippen LogP contribution in [0.2, 0.25) is 0 Å². The van der Waals surface area contributed by atoms with Crippen LogP contribution in [-0.2, 0) is 4.79 Å². The Hall–Kier alpha value is -0.570. The molecular weight excluding hydrogens is 200 g/mol. The second-order valence-electron chi connectivity index (χ2n) is 5.86. The molecule has 1 heterocycles. The Labute approximate surface area is 97.6 Å². The van der Waals surface area contributed by atoms with Gasteiger partial charge in [-0.1, -0.05) is 19.3 Å². The number of rotatable bonds is 2. The third-order valence-corrected chi connectivity index (χ3v) is 4.76. The molecule has 0 bridgehead atoms. The van der Waals surface area contributed by atoms with Crippen molar-refractivity contribution in [3.05, 3.63) is 0 Å². The fourth-order valence-electron chi connectivity index (χ4n) is 3.52. The lowest BCUT2D eigenvalue weighted by molar-refractivity contribution is -0.134. The Morgan fingerprint density at radius 1 is 1.31 bits per heavy atom. The Balaban J connectivity index is 1.71. The van der Waals surface area contributed by atoms with Gasteiger partial charge in [0.1, 0.15) is 0 Å². The van der Waals surface area contributed by atoms with Crippen LogP contribution in [0.4, 0.5) is 0 Å². The molecule has 16 heavy (non-hydrogen) atoms. The topological polar surface area (TPSA) is 32.3 Å². The number of carbonyl (C=O) groups is 1. The maximum absolute atomic E-state index is 12.5. The second-order valence-corrected chi connectivity index (χ2v) is 5.86. The molecule has 2 saturated carbocycles. The molecule has 0 aromatic carbocycles. The van der Waals surface area contributed by atoms with Gasteiger partial charge in [-0.25, -0.2) is 0 Å². The molecule has 3 aliphatic rings. The summed E-state index contributed by atoms with van der Waals surface area (Å²) in [4.78, 5) is 14.6. The van der Waals surface area contributed by atoms with Gasteiger partial charge < -0.3 is 4.90 Å². The van der Waals surface area contributed by atoms with E-state index in [-0.39, 0.29) is 11.7 Å². The Morgan fingerprint density at radius 2 is 2.00 bits per heavy atom. The summed E-state index contributed by atoms with van der Waals surface area (Å²) in [5, 5.41) is 3.56. The minimum atomic E-state index is -0.164.